The van der Waals surface area contributed by atoms with Crippen LogP contribution in [0.3, 0.4) is 0 Å². The molecule has 5 nitrogen and oxygen atoms in total. The first-order valence-electron chi connectivity index (χ1n) is 6.70. The SMILES string of the molecule is O=c1[nH]c(C2CCCO2)nc(O)c1C1CCCC1. The molecule has 98 valence electrons. The average molecular weight is 250 g/mol. The van der Waals surface area contributed by atoms with E-state index in [2.05, 4.69) is 9.97 Å². The molecule has 0 amide bonds. The average Bonchev–Trinajstić information content (AvgIpc) is 3.01. The van der Waals surface area contributed by atoms with Crippen molar-refractivity contribution >= 4 is 0 Å². The van der Waals surface area contributed by atoms with Crippen LogP contribution in [0.25, 0.3) is 0 Å². The molecule has 1 unspecified atom stereocenters. The first-order chi connectivity index (χ1) is 8.75. The zero-order chi connectivity index (χ0) is 12.5. The van der Waals surface area contributed by atoms with Crippen LogP contribution < -0.4 is 5.56 Å². The van der Waals surface area contributed by atoms with E-state index < -0.39 is 0 Å². The molecular formula is C13H18N2O3. The Morgan fingerprint density at radius 3 is 2.61 bits per heavy atom. The van der Waals surface area contributed by atoms with Gasteiger partial charge in [0.1, 0.15) is 11.9 Å². The van der Waals surface area contributed by atoms with E-state index in [4.69, 9.17) is 4.74 Å². The predicted octanol–water partition coefficient (Wildman–Crippen LogP) is 1.98. The first-order valence-corrected chi connectivity index (χ1v) is 6.70. The van der Waals surface area contributed by atoms with Crippen LogP contribution in [0.2, 0.25) is 0 Å². The summed E-state index contributed by atoms with van der Waals surface area (Å²) in [6.07, 6.45) is 5.84. The van der Waals surface area contributed by atoms with Gasteiger partial charge in [0.2, 0.25) is 5.88 Å². The normalized spacial score (nSPS) is 24.8. The van der Waals surface area contributed by atoms with E-state index >= 15 is 0 Å². The highest BCUT2D eigenvalue weighted by Gasteiger charge is 2.27. The number of aromatic amines is 1. The van der Waals surface area contributed by atoms with Gasteiger partial charge >= 0.3 is 0 Å². The second-order valence-corrected chi connectivity index (χ2v) is 5.17. The van der Waals surface area contributed by atoms with E-state index in [1.165, 1.54) is 0 Å². The van der Waals surface area contributed by atoms with Crippen molar-refractivity contribution in [1.29, 1.82) is 0 Å². The molecule has 0 bridgehead atoms. The number of rotatable bonds is 2. The molecule has 0 aromatic carbocycles. The summed E-state index contributed by atoms with van der Waals surface area (Å²) in [7, 11) is 0. The Morgan fingerprint density at radius 1 is 1.22 bits per heavy atom. The minimum atomic E-state index is -0.195. The summed E-state index contributed by atoms with van der Waals surface area (Å²) in [6, 6.07) is 0. The molecule has 3 rings (SSSR count). The molecule has 2 aliphatic rings. The largest absolute Gasteiger partial charge is 0.493 e. The van der Waals surface area contributed by atoms with Crippen LogP contribution in [0.4, 0.5) is 0 Å². The molecule has 5 heteroatoms. The maximum atomic E-state index is 12.1. The van der Waals surface area contributed by atoms with E-state index in [1.807, 2.05) is 0 Å². The van der Waals surface area contributed by atoms with Crippen molar-refractivity contribution in [2.45, 2.75) is 50.5 Å². The topological polar surface area (TPSA) is 75.2 Å². The Kier molecular flexibility index (Phi) is 3.07. The molecule has 1 saturated carbocycles. The predicted molar refractivity (Wildman–Crippen MR) is 65.7 cm³/mol. The van der Waals surface area contributed by atoms with Crippen molar-refractivity contribution in [3.8, 4) is 5.88 Å². The van der Waals surface area contributed by atoms with Crippen LogP contribution in [0, 0.1) is 0 Å². The maximum absolute atomic E-state index is 12.1. The van der Waals surface area contributed by atoms with Gasteiger partial charge in [-0.05, 0) is 31.6 Å². The van der Waals surface area contributed by atoms with Crippen molar-refractivity contribution in [3.05, 3.63) is 21.7 Å². The van der Waals surface area contributed by atoms with E-state index in [0.717, 1.165) is 38.5 Å². The van der Waals surface area contributed by atoms with Gasteiger partial charge in [-0.2, -0.15) is 4.98 Å². The summed E-state index contributed by atoms with van der Waals surface area (Å²) >= 11 is 0. The van der Waals surface area contributed by atoms with Crippen molar-refractivity contribution in [1.82, 2.24) is 9.97 Å². The minimum Gasteiger partial charge on any atom is -0.493 e. The molecule has 2 fully saturated rings. The van der Waals surface area contributed by atoms with Crippen molar-refractivity contribution < 1.29 is 9.84 Å². The zero-order valence-corrected chi connectivity index (χ0v) is 10.3. The summed E-state index contributed by atoms with van der Waals surface area (Å²) < 4.78 is 5.47. The van der Waals surface area contributed by atoms with E-state index in [0.29, 0.717) is 18.0 Å². The van der Waals surface area contributed by atoms with Crippen LogP contribution in [-0.2, 0) is 4.74 Å². The molecule has 2 N–H and O–H groups in total. The van der Waals surface area contributed by atoms with Gasteiger partial charge in [0.15, 0.2) is 0 Å². The van der Waals surface area contributed by atoms with Gasteiger partial charge in [0, 0.05) is 6.61 Å². The molecule has 1 atom stereocenters. The minimum absolute atomic E-state index is 0.101. The Morgan fingerprint density at radius 2 is 2.00 bits per heavy atom. The standard InChI is InChI=1S/C13H18N2O3/c16-12-10(8-4-1-2-5-8)13(17)15-11(14-12)9-6-3-7-18-9/h8-9H,1-7H2,(H2,14,15,16,17). The molecule has 2 heterocycles. The van der Waals surface area contributed by atoms with Crippen molar-refractivity contribution in [3.63, 3.8) is 0 Å². The smallest absolute Gasteiger partial charge is 0.258 e. The van der Waals surface area contributed by atoms with Crippen LogP contribution in [0.1, 0.15) is 61.9 Å². The lowest BCUT2D eigenvalue weighted by atomic mass is 10.00. The fourth-order valence-corrected chi connectivity index (χ4v) is 3.02. The van der Waals surface area contributed by atoms with Crippen LogP contribution >= 0.6 is 0 Å². The summed E-state index contributed by atoms with van der Waals surface area (Å²) in [5.74, 6) is 0.535. The highest BCUT2D eigenvalue weighted by molar-refractivity contribution is 5.27. The number of ether oxygens (including phenoxy) is 1. The zero-order valence-electron chi connectivity index (χ0n) is 10.3. The van der Waals surface area contributed by atoms with Gasteiger partial charge in [-0.15, -0.1) is 0 Å². The Labute approximate surface area is 105 Å². The van der Waals surface area contributed by atoms with E-state index in [1.54, 1.807) is 0 Å². The summed E-state index contributed by atoms with van der Waals surface area (Å²) in [5.41, 5.74) is 0.272. The number of aromatic nitrogens is 2. The van der Waals surface area contributed by atoms with Crippen LogP contribution in [0.5, 0.6) is 5.88 Å². The molecular weight excluding hydrogens is 232 g/mol. The molecule has 1 aliphatic heterocycles. The lowest BCUT2D eigenvalue weighted by molar-refractivity contribution is 0.104. The number of hydrogen-bond acceptors (Lipinski definition) is 4. The van der Waals surface area contributed by atoms with Crippen molar-refractivity contribution in [2.24, 2.45) is 0 Å². The Hall–Kier alpha value is -1.36. The van der Waals surface area contributed by atoms with Gasteiger partial charge < -0.3 is 14.8 Å². The van der Waals surface area contributed by atoms with Gasteiger partial charge in [-0.1, -0.05) is 12.8 Å². The maximum Gasteiger partial charge on any atom is 0.258 e. The lowest BCUT2D eigenvalue weighted by Gasteiger charge is -2.13. The molecule has 18 heavy (non-hydrogen) atoms. The lowest BCUT2D eigenvalue weighted by Crippen LogP contribution is -2.20. The second-order valence-electron chi connectivity index (χ2n) is 5.17. The Bertz CT molecular complexity index is 485. The molecule has 1 aliphatic carbocycles. The van der Waals surface area contributed by atoms with Gasteiger partial charge in [-0.3, -0.25) is 4.79 Å². The fourth-order valence-electron chi connectivity index (χ4n) is 3.02. The third-order valence-electron chi connectivity index (χ3n) is 3.95. The first kappa shape index (κ1) is 11.7. The van der Waals surface area contributed by atoms with Crippen molar-refractivity contribution in [2.75, 3.05) is 6.61 Å². The number of H-pyrrole nitrogens is 1. The van der Waals surface area contributed by atoms with Gasteiger partial charge in [-0.25, -0.2) is 0 Å². The second kappa shape index (κ2) is 4.72. The molecule has 1 aromatic heterocycles. The summed E-state index contributed by atoms with van der Waals surface area (Å²) in [5, 5.41) is 10.0. The third-order valence-corrected chi connectivity index (χ3v) is 3.95. The van der Waals surface area contributed by atoms with E-state index in [9.17, 15) is 9.90 Å². The molecule has 0 radical (unpaired) electrons. The van der Waals surface area contributed by atoms with Gasteiger partial charge in [0.25, 0.3) is 5.56 Å². The van der Waals surface area contributed by atoms with Gasteiger partial charge in [0.05, 0.1) is 5.56 Å². The molecule has 0 spiro atoms. The number of nitrogens with zero attached hydrogens (tertiary/aromatic N) is 1. The number of hydrogen-bond donors (Lipinski definition) is 2. The van der Waals surface area contributed by atoms with Crippen LogP contribution in [0.15, 0.2) is 4.79 Å². The number of aromatic hydroxyl groups is 1. The fraction of sp³-hybridized carbons (Fsp3) is 0.692. The third kappa shape index (κ3) is 2.03. The quantitative estimate of drug-likeness (QED) is 0.841. The molecule has 1 saturated heterocycles. The van der Waals surface area contributed by atoms with E-state index in [-0.39, 0.29) is 23.5 Å². The Balaban J connectivity index is 1.94. The highest BCUT2D eigenvalue weighted by atomic mass is 16.5. The summed E-state index contributed by atoms with van der Waals surface area (Å²) in [6.45, 7) is 0.694. The highest BCUT2D eigenvalue weighted by Crippen LogP contribution is 2.36. The molecule has 1 aromatic rings. The van der Waals surface area contributed by atoms with Crippen LogP contribution in [-0.4, -0.2) is 21.7 Å². The summed E-state index contributed by atoms with van der Waals surface area (Å²) in [4.78, 5) is 19.0. The number of nitrogens with one attached hydrogen (secondary N) is 1. The monoisotopic (exact) mass is 250 g/mol.